The van der Waals surface area contributed by atoms with Crippen LogP contribution in [0, 0.1) is 0 Å². The van der Waals surface area contributed by atoms with Gasteiger partial charge in [0.15, 0.2) is 5.13 Å². The molecule has 2 aromatic rings. The van der Waals surface area contributed by atoms with Gasteiger partial charge in [-0.05, 0) is 17.7 Å². The molecule has 2 heterocycles. The molecule has 2 N–H and O–H groups in total. The molecular formula is C14H13N3OS. The highest BCUT2D eigenvalue weighted by Gasteiger charge is 2.18. The highest BCUT2D eigenvalue weighted by molar-refractivity contribution is 7.14. The Morgan fingerprint density at radius 3 is 3.26 bits per heavy atom. The third-order valence-corrected chi connectivity index (χ3v) is 3.73. The summed E-state index contributed by atoms with van der Waals surface area (Å²) in [6, 6.07) is 5.95. The van der Waals surface area contributed by atoms with Crippen molar-refractivity contribution in [2.45, 2.75) is 6.42 Å². The number of amides is 1. The Kier molecular flexibility index (Phi) is 3.05. The van der Waals surface area contributed by atoms with Crippen LogP contribution in [0.1, 0.15) is 5.56 Å². The third kappa shape index (κ3) is 2.37. The summed E-state index contributed by atoms with van der Waals surface area (Å²) >= 11 is 1.57. The van der Waals surface area contributed by atoms with E-state index in [-0.39, 0.29) is 5.91 Å². The average molecular weight is 271 g/mol. The molecule has 0 bridgehead atoms. The lowest BCUT2D eigenvalue weighted by atomic mass is 10.1. The first-order valence-electron chi connectivity index (χ1n) is 6.00. The maximum Gasteiger partial charge on any atom is 0.228 e. The van der Waals surface area contributed by atoms with Gasteiger partial charge in [-0.15, -0.1) is 17.9 Å². The Bertz CT molecular complexity index is 648. The summed E-state index contributed by atoms with van der Waals surface area (Å²) in [5, 5.41) is 8.89. The Labute approximate surface area is 115 Å². The lowest BCUT2D eigenvalue weighted by Gasteiger charge is -2.01. The van der Waals surface area contributed by atoms with Crippen molar-refractivity contribution in [2.24, 2.45) is 0 Å². The van der Waals surface area contributed by atoms with Gasteiger partial charge in [0.25, 0.3) is 0 Å². The number of anilines is 2. The molecule has 1 amide bonds. The molecule has 1 aromatic heterocycles. The van der Waals surface area contributed by atoms with Crippen LogP contribution in [0.3, 0.4) is 0 Å². The van der Waals surface area contributed by atoms with Crippen molar-refractivity contribution in [3.63, 3.8) is 0 Å². The molecule has 0 atom stereocenters. The minimum atomic E-state index is 0.0544. The third-order valence-electron chi connectivity index (χ3n) is 2.93. The van der Waals surface area contributed by atoms with Crippen LogP contribution in [0.15, 0.2) is 36.2 Å². The Hall–Kier alpha value is -2.14. The second-order valence-corrected chi connectivity index (χ2v) is 5.16. The molecule has 4 nitrogen and oxygen atoms in total. The number of thiazole rings is 1. The fourth-order valence-electron chi connectivity index (χ4n) is 2.04. The van der Waals surface area contributed by atoms with E-state index >= 15 is 0 Å². The van der Waals surface area contributed by atoms with Gasteiger partial charge in [-0.3, -0.25) is 4.79 Å². The van der Waals surface area contributed by atoms with Crippen molar-refractivity contribution >= 4 is 28.1 Å². The molecule has 3 rings (SSSR count). The van der Waals surface area contributed by atoms with Crippen LogP contribution in [-0.4, -0.2) is 17.4 Å². The molecule has 1 aliphatic heterocycles. The quantitative estimate of drug-likeness (QED) is 0.841. The summed E-state index contributed by atoms with van der Waals surface area (Å²) in [6.07, 6.45) is 2.25. The highest BCUT2D eigenvalue weighted by Crippen LogP contribution is 2.30. The maximum atomic E-state index is 11.3. The zero-order valence-corrected chi connectivity index (χ0v) is 11.1. The van der Waals surface area contributed by atoms with Gasteiger partial charge in [-0.2, -0.15) is 0 Å². The number of benzene rings is 1. The summed E-state index contributed by atoms with van der Waals surface area (Å²) in [7, 11) is 0. The zero-order chi connectivity index (χ0) is 13.2. The summed E-state index contributed by atoms with van der Waals surface area (Å²) in [4.78, 5) is 15.8. The van der Waals surface area contributed by atoms with E-state index in [1.165, 1.54) is 0 Å². The molecule has 0 fully saturated rings. The lowest BCUT2D eigenvalue weighted by molar-refractivity contribution is -0.115. The van der Waals surface area contributed by atoms with Crippen molar-refractivity contribution in [3.8, 4) is 11.3 Å². The Balaban J connectivity index is 1.86. The number of fused-ring (bicyclic) bond motifs is 1. The normalized spacial score (nSPS) is 12.9. The first-order chi connectivity index (χ1) is 9.26. The lowest BCUT2D eigenvalue weighted by Crippen LogP contribution is -2.03. The molecule has 0 unspecified atom stereocenters. The van der Waals surface area contributed by atoms with Crippen molar-refractivity contribution in [2.75, 3.05) is 17.2 Å². The van der Waals surface area contributed by atoms with Crippen LogP contribution in [0.4, 0.5) is 10.8 Å². The Morgan fingerprint density at radius 2 is 2.42 bits per heavy atom. The van der Waals surface area contributed by atoms with E-state index in [0.717, 1.165) is 27.6 Å². The van der Waals surface area contributed by atoms with E-state index in [1.54, 1.807) is 17.4 Å². The van der Waals surface area contributed by atoms with Crippen molar-refractivity contribution < 1.29 is 4.79 Å². The predicted molar refractivity (Wildman–Crippen MR) is 78.6 cm³/mol. The number of hydrogen-bond acceptors (Lipinski definition) is 4. The SMILES string of the molecule is C=CCNc1nc(-c2ccc3c(c2)CC(=O)N3)cs1. The van der Waals surface area contributed by atoms with Gasteiger partial charge in [0, 0.05) is 23.2 Å². The second kappa shape index (κ2) is 4.85. The summed E-state index contributed by atoms with van der Waals surface area (Å²) in [5.41, 5.74) is 3.92. The number of nitrogens with one attached hydrogen (secondary N) is 2. The fraction of sp³-hybridized carbons (Fsp3) is 0.143. The molecule has 1 aromatic carbocycles. The molecular weight excluding hydrogens is 258 g/mol. The molecule has 96 valence electrons. The average Bonchev–Trinajstić information content (AvgIpc) is 3.00. The Morgan fingerprint density at radius 1 is 1.53 bits per heavy atom. The van der Waals surface area contributed by atoms with Crippen molar-refractivity contribution in [1.29, 1.82) is 0 Å². The highest BCUT2D eigenvalue weighted by atomic mass is 32.1. The van der Waals surface area contributed by atoms with E-state index in [9.17, 15) is 4.79 Å². The summed E-state index contributed by atoms with van der Waals surface area (Å²) in [6.45, 7) is 4.37. The second-order valence-electron chi connectivity index (χ2n) is 4.30. The van der Waals surface area contributed by atoms with Crippen LogP contribution >= 0.6 is 11.3 Å². The molecule has 0 radical (unpaired) electrons. The van der Waals surface area contributed by atoms with Gasteiger partial charge in [-0.1, -0.05) is 12.1 Å². The number of rotatable bonds is 4. The first kappa shape index (κ1) is 11.9. The number of carbonyl (C=O) groups is 1. The molecule has 0 aliphatic carbocycles. The standard InChI is InChI=1S/C14H13N3OS/c1-2-5-15-14-17-12(8-19-14)9-3-4-11-10(6-9)7-13(18)16-11/h2-4,6,8H,1,5,7H2,(H,15,17)(H,16,18). The van der Waals surface area contributed by atoms with Gasteiger partial charge in [0.2, 0.25) is 5.91 Å². The predicted octanol–water partition coefficient (Wildman–Crippen LogP) is 2.90. The molecule has 0 saturated heterocycles. The van der Waals surface area contributed by atoms with E-state index in [4.69, 9.17) is 0 Å². The van der Waals surface area contributed by atoms with E-state index in [0.29, 0.717) is 13.0 Å². The van der Waals surface area contributed by atoms with E-state index in [1.807, 2.05) is 23.6 Å². The zero-order valence-electron chi connectivity index (χ0n) is 10.3. The minimum Gasteiger partial charge on any atom is -0.358 e. The smallest absolute Gasteiger partial charge is 0.228 e. The summed E-state index contributed by atoms with van der Waals surface area (Å²) in [5.74, 6) is 0.0544. The van der Waals surface area contributed by atoms with Crippen LogP contribution in [0.2, 0.25) is 0 Å². The van der Waals surface area contributed by atoms with Gasteiger partial charge >= 0.3 is 0 Å². The number of hydrogen-bond donors (Lipinski definition) is 2. The van der Waals surface area contributed by atoms with Crippen molar-refractivity contribution in [3.05, 3.63) is 41.8 Å². The van der Waals surface area contributed by atoms with E-state index < -0.39 is 0 Å². The van der Waals surface area contributed by atoms with Crippen LogP contribution in [0.25, 0.3) is 11.3 Å². The van der Waals surface area contributed by atoms with Gasteiger partial charge in [0.1, 0.15) is 0 Å². The van der Waals surface area contributed by atoms with Crippen LogP contribution in [0.5, 0.6) is 0 Å². The summed E-state index contributed by atoms with van der Waals surface area (Å²) < 4.78 is 0. The monoisotopic (exact) mass is 271 g/mol. The molecule has 5 heteroatoms. The van der Waals surface area contributed by atoms with E-state index in [2.05, 4.69) is 22.2 Å². The molecule has 19 heavy (non-hydrogen) atoms. The van der Waals surface area contributed by atoms with Gasteiger partial charge in [0.05, 0.1) is 12.1 Å². The molecule has 0 saturated carbocycles. The fourth-order valence-corrected chi connectivity index (χ4v) is 2.77. The number of aromatic nitrogens is 1. The van der Waals surface area contributed by atoms with Gasteiger partial charge < -0.3 is 10.6 Å². The topological polar surface area (TPSA) is 54.0 Å². The van der Waals surface area contributed by atoms with Crippen LogP contribution < -0.4 is 10.6 Å². The number of carbonyl (C=O) groups excluding carboxylic acids is 1. The number of nitrogens with zero attached hydrogens (tertiary/aromatic N) is 1. The maximum absolute atomic E-state index is 11.3. The van der Waals surface area contributed by atoms with Crippen molar-refractivity contribution in [1.82, 2.24) is 4.98 Å². The van der Waals surface area contributed by atoms with Crippen LogP contribution in [-0.2, 0) is 11.2 Å². The first-order valence-corrected chi connectivity index (χ1v) is 6.87. The largest absolute Gasteiger partial charge is 0.358 e. The molecule has 0 spiro atoms. The van der Waals surface area contributed by atoms with Gasteiger partial charge in [-0.25, -0.2) is 4.98 Å². The molecule has 1 aliphatic rings. The minimum absolute atomic E-state index is 0.0544.